The molecule has 0 heterocycles. The first-order valence-electron chi connectivity index (χ1n) is 4.45. The van der Waals surface area contributed by atoms with Crippen LogP contribution in [0.15, 0.2) is 0 Å². The van der Waals surface area contributed by atoms with Gasteiger partial charge < -0.3 is 0 Å². The van der Waals surface area contributed by atoms with Crippen LogP contribution in [0.1, 0.15) is 52.9 Å². The van der Waals surface area contributed by atoms with Crippen LogP contribution in [-0.2, 0) is 4.79 Å². The zero-order valence-corrected chi connectivity index (χ0v) is 8.58. The molecule has 0 aliphatic rings. The highest BCUT2D eigenvalue weighted by Gasteiger charge is 1.93. The molecule has 0 aliphatic carbocycles. The molecule has 0 saturated heterocycles. The van der Waals surface area contributed by atoms with Gasteiger partial charge in [-0.2, -0.15) is 0 Å². The van der Waals surface area contributed by atoms with Crippen LogP contribution >= 0.6 is 11.6 Å². The highest BCUT2D eigenvalue weighted by molar-refractivity contribution is 6.63. The molecule has 0 spiro atoms. The van der Waals surface area contributed by atoms with Gasteiger partial charge in [-0.25, -0.2) is 0 Å². The van der Waals surface area contributed by atoms with Gasteiger partial charge in [-0.15, -0.1) is 0 Å². The van der Waals surface area contributed by atoms with Crippen LogP contribution in [0, 0.1) is 0 Å². The molecule has 0 aliphatic heterocycles. The van der Waals surface area contributed by atoms with E-state index in [-0.39, 0.29) is 5.24 Å². The standard InChI is InChI=1S/C7H13ClO.C2H6/c1-2-3-4-5-6-7(8)9;1-2/h2-6H2,1H3;1-2H3. The van der Waals surface area contributed by atoms with Crippen molar-refractivity contribution in [2.75, 3.05) is 0 Å². The number of unbranched alkanes of at least 4 members (excludes halogenated alkanes) is 3. The van der Waals surface area contributed by atoms with Crippen molar-refractivity contribution < 1.29 is 4.79 Å². The molecule has 11 heavy (non-hydrogen) atoms. The second-order valence-electron chi connectivity index (χ2n) is 2.17. The lowest BCUT2D eigenvalue weighted by atomic mass is 10.2. The zero-order chi connectivity index (χ0) is 9.11. The van der Waals surface area contributed by atoms with Gasteiger partial charge in [0, 0.05) is 6.42 Å². The fourth-order valence-electron chi connectivity index (χ4n) is 0.691. The molecule has 2 heteroatoms. The Bertz CT molecular complexity index is 81.6. The summed E-state index contributed by atoms with van der Waals surface area (Å²) < 4.78 is 0. The molecular weight excluding hydrogens is 160 g/mol. The Labute approximate surface area is 75.1 Å². The SMILES string of the molecule is CC.CCCCCCC(=O)Cl. The fraction of sp³-hybridized carbons (Fsp3) is 0.889. The molecule has 0 atom stereocenters. The molecule has 0 bridgehead atoms. The molecule has 1 nitrogen and oxygen atoms in total. The summed E-state index contributed by atoms with van der Waals surface area (Å²) in [5.74, 6) is 0. The smallest absolute Gasteiger partial charge is 0.221 e. The summed E-state index contributed by atoms with van der Waals surface area (Å²) in [6.07, 6.45) is 5.05. The van der Waals surface area contributed by atoms with Gasteiger partial charge in [0.05, 0.1) is 0 Å². The van der Waals surface area contributed by atoms with Crippen molar-refractivity contribution in [2.45, 2.75) is 52.9 Å². The Kier molecular flexibility index (Phi) is 15.5. The minimum absolute atomic E-state index is 0.203. The molecule has 0 fully saturated rings. The molecule has 0 radical (unpaired) electrons. The van der Waals surface area contributed by atoms with Crippen molar-refractivity contribution in [3.05, 3.63) is 0 Å². The Hall–Kier alpha value is -0.0400. The Morgan fingerprint density at radius 3 is 2.09 bits per heavy atom. The minimum Gasteiger partial charge on any atom is -0.281 e. The van der Waals surface area contributed by atoms with Crippen molar-refractivity contribution in [2.24, 2.45) is 0 Å². The quantitative estimate of drug-likeness (QED) is 0.463. The number of halogens is 1. The monoisotopic (exact) mass is 178 g/mol. The van der Waals surface area contributed by atoms with Crippen molar-refractivity contribution in [1.82, 2.24) is 0 Å². The Morgan fingerprint density at radius 1 is 1.18 bits per heavy atom. The van der Waals surface area contributed by atoms with Gasteiger partial charge in [0.25, 0.3) is 0 Å². The second kappa shape index (κ2) is 12.6. The maximum atomic E-state index is 10.2. The summed E-state index contributed by atoms with van der Waals surface area (Å²) in [5.41, 5.74) is 0. The van der Waals surface area contributed by atoms with Gasteiger partial charge >= 0.3 is 0 Å². The van der Waals surface area contributed by atoms with E-state index in [4.69, 9.17) is 11.6 Å². The van der Waals surface area contributed by atoms with Crippen molar-refractivity contribution in [3.63, 3.8) is 0 Å². The third kappa shape index (κ3) is 17.8. The largest absolute Gasteiger partial charge is 0.281 e. The molecule has 0 saturated carbocycles. The van der Waals surface area contributed by atoms with Gasteiger partial charge in [-0.1, -0.05) is 40.0 Å². The average molecular weight is 179 g/mol. The number of hydrogen-bond donors (Lipinski definition) is 0. The van der Waals surface area contributed by atoms with E-state index in [2.05, 4.69) is 6.92 Å². The second-order valence-corrected chi connectivity index (χ2v) is 2.59. The molecule has 0 amide bonds. The van der Waals surface area contributed by atoms with Crippen molar-refractivity contribution in [1.29, 1.82) is 0 Å². The van der Waals surface area contributed by atoms with Crippen molar-refractivity contribution >= 4 is 16.8 Å². The maximum Gasteiger partial charge on any atom is 0.221 e. The number of hydrogen-bond acceptors (Lipinski definition) is 1. The first-order valence-corrected chi connectivity index (χ1v) is 4.83. The molecular formula is C9H19ClO. The van der Waals surface area contributed by atoms with E-state index >= 15 is 0 Å². The average Bonchev–Trinajstić information content (AvgIpc) is 2.02. The van der Waals surface area contributed by atoms with Gasteiger partial charge in [-0.05, 0) is 18.0 Å². The molecule has 0 unspecified atom stereocenters. The van der Waals surface area contributed by atoms with Crippen LogP contribution in [0.4, 0.5) is 0 Å². The van der Waals surface area contributed by atoms with E-state index in [0.717, 1.165) is 12.8 Å². The first-order chi connectivity index (χ1) is 5.27. The Balaban J connectivity index is 0. The summed E-state index contributed by atoms with van der Waals surface area (Å²) in [4.78, 5) is 10.2. The first kappa shape index (κ1) is 13.5. The highest BCUT2D eigenvalue weighted by atomic mass is 35.5. The zero-order valence-electron chi connectivity index (χ0n) is 7.82. The molecule has 0 rings (SSSR count). The van der Waals surface area contributed by atoms with E-state index in [1.165, 1.54) is 12.8 Å². The predicted octanol–water partition coefficient (Wildman–Crippen LogP) is 3.75. The summed E-state index contributed by atoms with van der Waals surface area (Å²) >= 11 is 5.12. The summed E-state index contributed by atoms with van der Waals surface area (Å²) in [7, 11) is 0. The van der Waals surface area contributed by atoms with Crippen LogP contribution in [0.25, 0.3) is 0 Å². The van der Waals surface area contributed by atoms with Crippen LogP contribution in [0.3, 0.4) is 0 Å². The lowest BCUT2D eigenvalue weighted by Gasteiger charge is -1.92. The molecule has 0 aromatic heterocycles. The topological polar surface area (TPSA) is 17.1 Å². The van der Waals surface area contributed by atoms with Crippen LogP contribution in [-0.4, -0.2) is 5.24 Å². The normalized spacial score (nSPS) is 8.36. The molecule has 0 aromatic carbocycles. The van der Waals surface area contributed by atoms with E-state index in [9.17, 15) is 4.79 Å². The molecule has 68 valence electrons. The highest BCUT2D eigenvalue weighted by Crippen LogP contribution is 2.03. The number of carbonyl (C=O) groups is 1. The van der Waals surface area contributed by atoms with E-state index in [1.54, 1.807) is 0 Å². The lowest BCUT2D eigenvalue weighted by molar-refractivity contribution is -0.111. The summed E-state index contributed by atoms with van der Waals surface area (Å²) in [6, 6.07) is 0. The third-order valence-corrected chi connectivity index (χ3v) is 1.42. The van der Waals surface area contributed by atoms with E-state index < -0.39 is 0 Å². The summed E-state index contributed by atoms with van der Waals surface area (Å²) in [6.45, 7) is 6.14. The maximum absolute atomic E-state index is 10.2. The molecule has 0 N–H and O–H groups in total. The van der Waals surface area contributed by atoms with E-state index in [0.29, 0.717) is 6.42 Å². The van der Waals surface area contributed by atoms with Crippen LogP contribution < -0.4 is 0 Å². The lowest BCUT2D eigenvalue weighted by Crippen LogP contribution is -1.84. The van der Waals surface area contributed by atoms with Gasteiger partial charge in [0.1, 0.15) is 0 Å². The fourth-order valence-corrected chi connectivity index (χ4v) is 0.824. The minimum atomic E-state index is -0.203. The van der Waals surface area contributed by atoms with E-state index in [1.807, 2.05) is 13.8 Å². The third-order valence-electron chi connectivity index (χ3n) is 1.23. The van der Waals surface area contributed by atoms with Gasteiger partial charge in [-0.3, -0.25) is 4.79 Å². The van der Waals surface area contributed by atoms with Crippen LogP contribution in [0.5, 0.6) is 0 Å². The predicted molar refractivity (Wildman–Crippen MR) is 51.0 cm³/mol. The Morgan fingerprint density at radius 2 is 1.73 bits per heavy atom. The molecule has 0 aromatic rings. The van der Waals surface area contributed by atoms with Crippen LogP contribution in [0.2, 0.25) is 0 Å². The van der Waals surface area contributed by atoms with Crippen molar-refractivity contribution in [3.8, 4) is 0 Å². The number of carbonyl (C=O) groups excluding carboxylic acids is 1. The number of rotatable bonds is 5. The van der Waals surface area contributed by atoms with Gasteiger partial charge in [0.15, 0.2) is 0 Å². The summed E-state index contributed by atoms with van der Waals surface area (Å²) in [5, 5.41) is -0.203. The van der Waals surface area contributed by atoms with Gasteiger partial charge in [0.2, 0.25) is 5.24 Å².